The highest BCUT2D eigenvalue weighted by atomic mass is 16.2. The van der Waals surface area contributed by atoms with E-state index in [2.05, 4.69) is 15.6 Å². The van der Waals surface area contributed by atoms with Crippen LogP contribution in [-0.4, -0.2) is 16.8 Å². The Bertz CT molecular complexity index is 712. The Labute approximate surface area is 142 Å². The minimum absolute atomic E-state index is 0.0423. The molecule has 0 saturated carbocycles. The first kappa shape index (κ1) is 17.7. The Kier molecular flexibility index (Phi) is 6.07. The predicted molar refractivity (Wildman–Crippen MR) is 95.8 cm³/mol. The van der Waals surface area contributed by atoms with Crippen LogP contribution >= 0.6 is 0 Å². The number of hydrogen-bond acceptors (Lipinski definition) is 3. The van der Waals surface area contributed by atoms with Gasteiger partial charge in [0.15, 0.2) is 0 Å². The first-order chi connectivity index (χ1) is 11.5. The van der Waals surface area contributed by atoms with Crippen LogP contribution in [0, 0.1) is 12.8 Å². The third-order valence-corrected chi connectivity index (χ3v) is 3.69. The normalized spacial score (nSPS) is 10.5. The molecule has 24 heavy (non-hydrogen) atoms. The number of aryl methyl sites for hydroxylation is 2. The zero-order valence-corrected chi connectivity index (χ0v) is 14.3. The molecule has 0 aliphatic rings. The average Bonchev–Trinajstić information content (AvgIpc) is 2.57. The smallest absolute Gasteiger partial charge is 0.226 e. The molecule has 0 bridgehead atoms. The Hall–Kier alpha value is -2.69. The van der Waals surface area contributed by atoms with Gasteiger partial charge in [-0.25, -0.2) is 0 Å². The lowest BCUT2D eigenvalue weighted by Gasteiger charge is -2.13. The lowest BCUT2D eigenvalue weighted by molar-refractivity contribution is -0.119. The zero-order chi connectivity index (χ0) is 17.5. The molecule has 2 rings (SSSR count). The lowest BCUT2D eigenvalue weighted by Crippen LogP contribution is -2.19. The maximum absolute atomic E-state index is 12.1. The van der Waals surface area contributed by atoms with E-state index in [4.69, 9.17) is 0 Å². The Morgan fingerprint density at radius 1 is 1.08 bits per heavy atom. The van der Waals surface area contributed by atoms with E-state index < -0.39 is 0 Å². The molecule has 0 saturated heterocycles. The molecule has 1 heterocycles. The van der Waals surface area contributed by atoms with Gasteiger partial charge in [0.25, 0.3) is 0 Å². The second-order valence-electron chi connectivity index (χ2n) is 6.08. The molecule has 5 heteroatoms. The molecule has 0 unspecified atom stereocenters. The van der Waals surface area contributed by atoms with Gasteiger partial charge >= 0.3 is 0 Å². The number of carbonyl (C=O) groups excluding carboxylic acids is 2. The van der Waals surface area contributed by atoms with E-state index in [1.807, 2.05) is 45.0 Å². The molecular formula is C19H23N3O2. The van der Waals surface area contributed by atoms with Crippen molar-refractivity contribution >= 4 is 23.2 Å². The van der Waals surface area contributed by atoms with Gasteiger partial charge in [0.05, 0.1) is 0 Å². The highest BCUT2D eigenvalue weighted by Gasteiger charge is 2.10. The summed E-state index contributed by atoms with van der Waals surface area (Å²) in [5.41, 5.74) is 3.44. The SMILES string of the molecule is Cc1ccc(NC(=O)CCc2ccncc2)cc1NC(=O)C(C)C. The second-order valence-corrected chi connectivity index (χ2v) is 6.08. The third kappa shape index (κ3) is 5.19. The molecule has 1 aromatic heterocycles. The topological polar surface area (TPSA) is 71.1 Å². The van der Waals surface area contributed by atoms with Crippen LogP contribution < -0.4 is 10.6 Å². The number of hydrogen-bond donors (Lipinski definition) is 2. The van der Waals surface area contributed by atoms with E-state index in [0.717, 1.165) is 16.8 Å². The number of nitrogens with one attached hydrogen (secondary N) is 2. The van der Waals surface area contributed by atoms with Crippen LogP contribution in [-0.2, 0) is 16.0 Å². The van der Waals surface area contributed by atoms with Crippen LogP contribution in [0.2, 0.25) is 0 Å². The summed E-state index contributed by atoms with van der Waals surface area (Å²) < 4.78 is 0. The molecule has 0 aliphatic carbocycles. The monoisotopic (exact) mass is 325 g/mol. The van der Waals surface area contributed by atoms with Gasteiger partial charge in [-0.15, -0.1) is 0 Å². The highest BCUT2D eigenvalue weighted by molar-refractivity contribution is 5.95. The Morgan fingerprint density at radius 2 is 1.79 bits per heavy atom. The van der Waals surface area contributed by atoms with E-state index in [1.165, 1.54) is 0 Å². The van der Waals surface area contributed by atoms with E-state index >= 15 is 0 Å². The van der Waals surface area contributed by atoms with Crippen molar-refractivity contribution < 1.29 is 9.59 Å². The average molecular weight is 325 g/mol. The maximum atomic E-state index is 12.1. The number of carbonyl (C=O) groups is 2. The van der Waals surface area contributed by atoms with E-state index in [-0.39, 0.29) is 17.7 Å². The van der Waals surface area contributed by atoms with E-state index in [9.17, 15) is 9.59 Å². The van der Waals surface area contributed by atoms with Gasteiger partial charge in [-0.2, -0.15) is 0 Å². The lowest BCUT2D eigenvalue weighted by atomic mass is 10.1. The van der Waals surface area contributed by atoms with Crippen LogP contribution in [0.3, 0.4) is 0 Å². The summed E-state index contributed by atoms with van der Waals surface area (Å²) >= 11 is 0. The summed E-state index contributed by atoms with van der Waals surface area (Å²) in [6.45, 7) is 5.61. The summed E-state index contributed by atoms with van der Waals surface area (Å²) in [4.78, 5) is 27.9. The van der Waals surface area contributed by atoms with Crippen molar-refractivity contribution in [3.63, 3.8) is 0 Å². The predicted octanol–water partition coefficient (Wildman–Crippen LogP) is 3.56. The van der Waals surface area contributed by atoms with Crippen LogP contribution in [0.1, 0.15) is 31.4 Å². The molecule has 0 atom stereocenters. The maximum Gasteiger partial charge on any atom is 0.226 e. The van der Waals surface area contributed by atoms with Crippen molar-refractivity contribution in [1.29, 1.82) is 0 Å². The van der Waals surface area contributed by atoms with Gasteiger partial charge < -0.3 is 10.6 Å². The largest absolute Gasteiger partial charge is 0.326 e. The molecule has 2 amide bonds. The first-order valence-corrected chi connectivity index (χ1v) is 8.06. The van der Waals surface area contributed by atoms with Crippen LogP contribution in [0.4, 0.5) is 11.4 Å². The van der Waals surface area contributed by atoms with E-state index in [0.29, 0.717) is 18.5 Å². The van der Waals surface area contributed by atoms with Gasteiger partial charge in [0.1, 0.15) is 0 Å². The van der Waals surface area contributed by atoms with Gasteiger partial charge in [-0.05, 0) is 48.7 Å². The molecule has 0 fully saturated rings. The molecule has 0 spiro atoms. The Morgan fingerprint density at radius 3 is 2.46 bits per heavy atom. The number of amides is 2. The number of nitrogens with zero attached hydrogens (tertiary/aromatic N) is 1. The minimum Gasteiger partial charge on any atom is -0.326 e. The number of rotatable bonds is 6. The zero-order valence-electron chi connectivity index (χ0n) is 14.3. The molecule has 2 aromatic rings. The molecule has 2 N–H and O–H groups in total. The quantitative estimate of drug-likeness (QED) is 0.853. The molecule has 1 aromatic carbocycles. The summed E-state index contributed by atoms with van der Waals surface area (Å²) in [6, 6.07) is 9.32. The third-order valence-electron chi connectivity index (χ3n) is 3.69. The molecular weight excluding hydrogens is 302 g/mol. The van der Waals surface area contributed by atoms with E-state index in [1.54, 1.807) is 18.5 Å². The number of pyridine rings is 1. The summed E-state index contributed by atoms with van der Waals surface area (Å²) in [7, 11) is 0. The van der Waals surface area contributed by atoms with Crippen molar-refractivity contribution in [2.24, 2.45) is 5.92 Å². The van der Waals surface area contributed by atoms with Crippen molar-refractivity contribution in [3.05, 3.63) is 53.9 Å². The van der Waals surface area contributed by atoms with Crippen molar-refractivity contribution in [1.82, 2.24) is 4.98 Å². The summed E-state index contributed by atoms with van der Waals surface area (Å²) in [5.74, 6) is -0.195. The second kappa shape index (κ2) is 8.24. The van der Waals surface area contributed by atoms with Gasteiger partial charge in [0, 0.05) is 36.1 Å². The van der Waals surface area contributed by atoms with Crippen LogP contribution in [0.25, 0.3) is 0 Å². The number of aromatic nitrogens is 1. The van der Waals surface area contributed by atoms with Crippen molar-refractivity contribution in [2.45, 2.75) is 33.6 Å². The fraction of sp³-hybridized carbons (Fsp3) is 0.316. The summed E-state index contributed by atoms with van der Waals surface area (Å²) in [6.07, 6.45) is 4.50. The summed E-state index contributed by atoms with van der Waals surface area (Å²) in [5, 5.41) is 5.76. The molecule has 126 valence electrons. The van der Waals surface area contributed by atoms with Crippen molar-refractivity contribution in [3.8, 4) is 0 Å². The Balaban J connectivity index is 1.96. The van der Waals surface area contributed by atoms with Gasteiger partial charge in [0.2, 0.25) is 11.8 Å². The van der Waals surface area contributed by atoms with Gasteiger partial charge in [-0.3, -0.25) is 14.6 Å². The fourth-order valence-electron chi connectivity index (χ4n) is 2.14. The number of benzene rings is 1. The van der Waals surface area contributed by atoms with Crippen LogP contribution in [0.15, 0.2) is 42.7 Å². The fourth-order valence-corrected chi connectivity index (χ4v) is 2.14. The minimum atomic E-state index is -0.0944. The number of anilines is 2. The standard InChI is InChI=1S/C19H23N3O2/c1-13(2)19(24)22-17-12-16(6-4-14(17)3)21-18(23)7-5-15-8-10-20-11-9-15/h4,6,8-13H,5,7H2,1-3H3,(H,21,23)(H,22,24). The molecule has 0 radical (unpaired) electrons. The molecule has 5 nitrogen and oxygen atoms in total. The highest BCUT2D eigenvalue weighted by Crippen LogP contribution is 2.21. The van der Waals surface area contributed by atoms with Crippen molar-refractivity contribution in [2.75, 3.05) is 10.6 Å². The van der Waals surface area contributed by atoms with Crippen LogP contribution in [0.5, 0.6) is 0 Å². The van der Waals surface area contributed by atoms with Gasteiger partial charge in [-0.1, -0.05) is 19.9 Å². The molecule has 0 aliphatic heterocycles. The first-order valence-electron chi connectivity index (χ1n) is 8.06.